The highest BCUT2D eigenvalue weighted by molar-refractivity contribution is 6.58. The van der Waals surface area contributed by atoms with E-state index >= 15 is 0 Å². The monoisotopic (exact) mass is 234 g/mol. The van der Waals surface area contributed by atoms with E-state index in [1.807, 2.05) is 0 Å². The van der Waals surface area contributed by atoms with Crippen LogP contribution in [-0.2, 0) is 0 Å². The fourth-order valence-electron chi connectivity index (χ4n) is 1.60. The van der Waals surface area contributed by atoms with Gasteiger partial charge in [0.1, 0.15) is 11.6 Å². The van der Waals surface area contributed by atoms with E-state index < -0.39 is 18.8 Å². The van der Waals surface area contributed by atoms with Crippen LogP contribution in [0.4, 0.5) is 8.78 Å². The van der Waals surface area contributed by atoms with E-state index in [9.17, 15) is 8.78 Å². The van der Waals surface area contributed by atoms with Gasteiger partial charge in [0.05, 0.1) is 0 Å². The first-order valence-corrected chi connectivity index (χ1v) is 4.99. The van der Waals surface area contributed by atoms with Crippen LogP contribution in [0.5, 0.6) is 0 Å². The molecule has 2 nitrogen and oxygen atoms in total. The van der Waals surface area contributed by atoms with Crippen LogP contribution in [0, 0.1) is 11.6 Å². The summed E-state index contributed by atoms with van der Waals surface area (Å²) < 4.78 is 26.1. The zero-order valence-electron chi connectivity index (χ0n) is 8.77. The summed E-state index contributed by atoms with van der Waals surface area (Å²) in [7, 11) is -1.60. The van der Waals surface area contributed by atoms with Gasteiger partial charge in [-0.25, -0.2) is 8.78 Å². The summed E-state index contributed by atoms with van der Waals surface area (Å²) in [5.41, 5.74) is 1.14. The van der Waals surface area contributed by atoms with Gasteiger partial charge in [-0.2, -0.15) is 0 Å². The second-order valence-electron chi connectivity index (χ2n) is 3.66. The van der Waals surface area contributed by atoms with Gasteiger partial charge in [0.15, 0.2) is 0 Å². The smallest absolute Gasteiger partial charge is 0.423 e. The van der Waals surface area contributed by atoms with E-state index in [1.165, 1.54) is 24.3 Å². The van der Waals surface area contributed by atoms with E-state index in [1.54, 1.807) is 12.1 Å². The molecule has 0 saturated carbocycles. The molecule has 2 aromatic carbocycles. The molecule has 0 atom stereocenters. The molecule has 2 N–H and O–H groups in total. The van der Waals surface area contributed by atoms with Gasteiger partial charge >= 0.3 is 7.12 Å². The molecule has 0 aliphatic heterocycles. The molecule has 0 aliphatic rings. The Morgan fingerprint density at radius 2 is 1.47 bits per heavy atom. The Kier molecular flexibility index (Phi) is 3.22. The lowest BCUT2D eigenvalue weighted by molar-refractivity contribution is 0.426. The van der Waals surface area contributed by atoms with Gasteiger partial charge in [0.25, 0.3) is 0 Å². The van der Waals surface area contributed by atoms with E-state index in [0.29, 0.717) is 11.1 Å². The molecule has 0 bridgehead atoms. The van der Waals surface area contributed by atoms with Crippen LogP contribution in [0.25, 0.3) is 11.1 Å². The van der Waals surface area contributed by atoms with Gasteiger partial charge < -0.3 is 10.0 Å². The molecule has 0 fully saturated rings. The van der Waals surface area contributed by atoms with Crippen molar-refractivity contribution in [3.05, 3.63) is 54.1 Å². The third-order valence-electron chi connectivity index (χ3n) is 2.38. The summed E-state index contributed by atoms with van der Waals surface area (Å²) in [4.78, 5) is 0. The molecular weight excluding hydrogens is 225 g/mol. The predicted octanol–water partition coefficient (Wildman–Crippen LogP) is 1.31. The van der Waals surface area contributed by atoms with E-state index in [2.05, 4.69) is 0 Å². The average Bonchev–Trinajstić information content (AvgIpc) is 2.28. The standard InChI is InChI=1S/C12H9BF2O2/c14-11-5-9(6-12(15)7-11)8-2-1-3-10(4-8)13(16)17/h1-7,16-17H. The fraction of sp³-hybridized carbons (Fsp3) is 0. The highest BCUT2D eigenvalue weighted by Crippen LogP contribution is 2.20. The van der Waals surface area contributed by atoms with Crippen molar-refractivity contribution in [2.24, 2.45) is 0 Å². The predicted molar refractivity (Wildman–Crippen MR) is 61.6 cm³/mol. The third-order valence-corrected chi connectivity index (χ3v) is 2.38. The minimum absolute atomic E-state index is 0.271. The van der Waals surface area contributed by atoms with Gasteiger partial charge in [-0.05, 0) is 28.7 Å². The maximum atomic E-state index is 13.0. The number of rotatable bonds is 2. The van der Waals surface area contributed by atoms with Crippen molar-refractivity contribution in [2.45, 2.75) is 0 Å². The van der Waals surface area contributed by atoms with Gasteiger partial charge in [-0.3, -0.25) is 0 Å². The SMILES string of the molecule is OB(O)c1cccc(-c2cc(F)cc(F)c2)c1. The molecule has 5 heteroatoms. The molecule has 17 heavy (non-hydrogen) atoms. The van der Waals surface area contributed by atoms with Crippen molar-refractivity contribution in [1.29, 1.82) is 0 Å². The summed E-state index contributed by atoms with van der Waals surface area (Å²) >= 11 is 0. The van der Waals surface area contributed by atoms with Crippen molar-refractivity contribution < 1.29 is 18.8 Å². The minimum atomic E-state index is -1.60. The van der Waals surface area contributed by atoms with E-state index in [-0.39, 0.29) is 5.46 Å². The number of hydrogen-bond acceptors (Lipinski definition) is 2. The van der Waals surface area contributed by atoms with Gasteiger partial charge in [-0.15, -0.1) is 0 Å². The maximum absolute atomic E-state index is 13.0. The summed E-state index contributed by atoms with van der Waals surface area (Å²) in [5.74, 6) is -1.34. The van der Waals surface area contributed by atoms with Crippen LogP contribution in [0.15, 0.2) is 42.5 Å². The minimum Gasteiger partial charge on any atom is -0.423 e. The third kappa shape index (κ3) is 2.69. The molecule has 86 valence electrons. The molecule has 0 aliphatic carbocycles. The number of halogens is 2. The van der Waals surface area contributed by atoms with E-state index in [0.717, 1.165) is 6.07 Å². The van der Waals surface area contributed by atoms with Crippen molar-refractivity contribution in [1.82, 2.24) is 0 Å². The molecule has 0 radical (unpaired) electrons. The van der Waals surface area contributed by atoms with Crippen LogP contribution < -0.4 is 5.46 Å². The molecule has 0 unspecified atom stereocenters. The zero-order chi connectivity index (χ0) is 12.4. The highest BCUT2D eigenvalue weighted by atomic mass is 19.1. The second-order valence-corrected chi connectivity index (χ2v) is 3.66. The van der Waals surface area contributed by atoms with Crippen LogP contribution in [-0.4, -0.2) is 17.2 Å². The first-order valence-electron chi connectivity index (χ1n) is 4.99. The van der Waals surface area contributed by atoms with Crippen LogP contribution >= 0.6 is 0 Å². The van der Waals surface area contributed by atoms with Crippen molar-refractivity contribution in [3.8, 4) is 11.1 Å². The Labute approximate surface area is 97.3 Å². The number of benzene rings is 2. The Hall–Kier alpha value is -1.72. The molecule has 0 spiro atoms. The fourth-order valence-corrected chi connectivity index (χ4v) is 1.60. The normalized spacial score (nSPS) is 10.4. The summed E-state index contributed by atoms with van der Waals surface area (Å²) in [6, 6.07) is 9.38. The lowest BCUT2D eigenvalue weighted by Crippen LogP contribution is -2.29. The molecule has 2 aromatic rings. The highest BCUT2D eigenvalue weighted by Gasteiger charge is 2.11. The maximum Gasteiger partial charge on any atom is 0.488 e. The number of hydrogen-bond donors (Lipinski definition) is 2. The molecule has 0 aromatic heterocycles. The molecule has 0 heterocycles. The van der Waals surface area contributed by atoms with Crippen molar-refractivity contribution in [2.75, 3.05) is 0 Å². The first-order chi connectivity index (χ1) is 8.06. The van der Waals surface area contributed by atoms with Crippen molar-refractivity contribution in [3.63, 3.8) is 0 Å². The second kappa shape index (κ2) is 4.65. The van der Waals surface area contributed by atoms with Crippen LogP contribution in [0.2, 0.25) is 0 Å². The van der Waals surface area contributed by atoms with Crippen molar-refractivity contribution >= 4 is 12.6 Å². The molecule has 0 amide bonds. The average molecular weight is 234 g/mol. The summed E-state index contributed by atoms with van der Waals surface area (Å²) in [6.07, 6.45) is 0. The zero-order valence-corrected chi connectivity index (χ0v) is 8.77. The topological polar surface area (TPSA) is 40.5 Å². The molecule has 0 saturated heterocycles. The summed E-state index contributed by atoms with van der Waals surface area (Å²) in [6.45, 7) is 0. The summed E-state index contributed by atoms with van der Waals surface area (Å²) in [5, 5.41) is 18.0. The van der Waals surface area contributed by atoms with Gasteiger partial charge in [0.2, 0.25) is 0 Å². The lowest BCUT2D eigenvalue weighted by atomic mass is 9.79. The molecular formula is C12H9BF2O2. The quantitative estimate of drug-likeness (QED) is 0.769. The Morgan fingerprint density at radius 1 is 0.824 bits per heavy atom. The lowest BCUT2D eigenvalue weighted by Gasteiger charge is -2.05. The molecule has 2 rings (SSSR count). The van der Waals surface area contributed by atoms with E-state index in [4.69, 9.17) is 10.0 Å². The van der Waals surface area contributed by atoms with Gasteiger partial charge in [-0.1, -0.05) is 24.3 Å². The van der Waals surface area contributed by atoms with Crippen LogP contribution in [0.1, 0.15) is 0 Å². The van der Waals surface area contributed by atoms with Crippen LogP contribution in [0.3, 0.4) is 0 Å². The van der Waals surface area contributed by atoms with Gasteiger partial charge in [0, 0.05) is 6.07 Å². The Bertz CT molecular complexity index is 524. The largest absolute Gasteiger partial charge is 0.488 e. The Balaban J connectivity index is 2.49. The first kappa shape index (κ1) is 11.8. The Morgan fingerprint density at radius 3 is 2.06 bits per heavy atom.